The highest BCUT2D eigenvalue weighted by molar-refractivity contribution is 5.79. The summed E-state index contributed by atoms with van der Waals surface area (Å²) in [5, 5.41) is 0. The minimum absolute atomic E-state index is 0.0874. The van der Waals surface area contributed by atoms with Gasteiger partial charge in [0.05, 0.1) is 12.5 Å². The van der Waals surface area contributed by atoms with Crippen LogP contribution in [0.15, 0.2) is 0 Å². The molecule has 98 valence electrons. The van der Waals surface area contributed by atoms with Crippen molar-refractivity contribution in [2.75, 3.05) is 20.3 Å². The molecule has 2 N–H and O–H groups in total. The number of hydrogen-bond acceptors (Lipinski definition) is 3. The molecule has 1 unspecified atom stereocenters. The van der Waals surface area contributed by atoms with Gasteiger partial charge in [-0.3, -0.25) is 4.79 Å². The molecule has 2 rings (SSSR count). The molecule has 0 spiro atoms. The van der Waals surface area contributed by atoms with Crippen LogP contribution in [0.4, 0.5) is 0 Å². The molecule has 0 aromatic heterocycles. The van der Waals surface area contributed by atoms with Crippen molar-refractivity contribution in [3.05, 3.63) is 0 Å². The molecule has 1 saturated heterocycles. The number of amides is 1. The van der Waals surface area contributed by atoms with E-state index < -0.39 is 0 Å². The van der Waals surface area contributed by atoms with Crippen LogP contribution in [0.3, 0.4) is 0 Å². The summed E-state index contributed by atoms with van der Waals surface area (Å²) in [6.45, 7) is 1.42. The smallest absolute Gasteiger partial charge is 0.228 e. The maximum Gasteiger partial charge on any atom is 0.228 e. The van der Waals surface area contributed by atoms with Crippen LogP contribution in [0, 0.1) is 5.92 Å². The Morgan fingerprint density at radius 2 is 1.94 bits per heavy atom. The molecule has 1 heterocycles. The third kappa shape index (κ3) is 3.19. The van der Waals surface area contributed by atoms with Crippen molar-refractivity contribution in [2.45, 2.75) is 50.6 Å². The van der Waals surface area contributed by atoms with Crippen LogP contribution in [-0.4, -0.2) is 43.2 Å². The largest absolute Gasteiger partial charge is 0.381 e. The second-order valence-electron chi connectivity index (χ2n) is 5.43. The van der Waals surface area contributed by atoms with E-state index in [1.807, 2.05) is 11.9 Å². The van der Waals surface area contributed by atoms with E-state index in [-0.39, 0.29) is 11.8 Å². The summed E-state index contributed by atoms with van der Waals surface area (Å²) in [5.74, 6) is 0.356. The molecule has 0 aromatic rings. The third-order valence-corrected chi connectivity index (χ3v) is 4.15. The van der Waals surface area contributed by atoms with Crippen molar-refractivity contribution < 1.29 is 9.53 Å². The highest BCUT2D eigenvalue weighted by Gasteiger charge is 2.30. The lowest BCUT2D eigenvalue weighted by Crippen LogP contribution is -2.45. The van der Waals surface area contributed by atoms with Crippen LogP contribution in [0.1, 0.15) is 38.5 Å². The van der Waals surface area contributed by atoms with Crippen molar-refractivity contribution >= 4 is 5.91 Å². The van der Waals surface area contributed by atoms with Gasteiger partial charge in [-0.15, -0.1) is 0 Å². The lowest BCUT2D eigenvalue weighted by molar-refractivity contribution is -0.141. The molecule has 4 heteroatoms. The van der Waals surface area contributed by atoms with Crippen LogP contribution in [-0.2, 0) is 9.53 Å². The maximum atomic E-state index is 12.3. The summed E-state index contributed by atoms with van der Waals surface area (Å²) in [6, 6.07) is 0.733. The van der Waals surface area contributed by atoms with Gasteiger partial charge in [-0.25, -0.2) is 0 Å². The van der Waals surface area contributed by atoms with Crippen LogP contribution >= 0.6 is 0 Å². The molecule has 0 bridgehead atoms. The highest BCUT2D eigenvalue weighted by atomic mass is 16.5. The van der Waals surface area contributed by atoms with Crippen molar-refractivity contribution in [1.82, 2.24) is 4.90 Å². The van der Waals surface area contributed by atoms with Gasteiger partial charge < -0.3 is 15.4 Å². The molecular formula is C13H24N2O2. The zero-order chi connectivity index (χ0) is 12.3. The zero-order valence-electron chi connectivity index (χ0n) is 10.7. The van der Waals surface area contributed by atoms with E-state index in [4.69, 9.17) is 10.5 Å². The van der Waals surface area contributed by atoms with E-state index in [2.05, 4.69) is 0 Å². The van der Waals surface area contributed by atoms with Gasteiger partial charge in [0.2, 0.25) is 5.91 Å². The molecular weight excluding hydrogens is 216 g/mol. The fourth-order valence-electron chi connectivity index (χ4n) is 2.89. The summed E-state index contributed by atoms with van der Waals surface area (Å²) in [6.07, 6.45) is 6.19. The number of hydrogen-bond donors (Lipinski definition) is 1. The zero-order valence-corrected chi connectivity index (χ0v) is 10.7. The first-order valence-corrected chi connectivity index (χ1v) is 6.78. The van der Waals surface area contributed by atoms with Crippen LogP contribution in [0.25, 0.3) is 0 Å². The Morgan fingerprint density at radius 3 is 2.53 bits per heavy atom. The first-order valence-electron chi connectivity index (χ1n) is 6.78. The van der Waals surface area contributed by atoms with E-state index >= 15 is 0 Å². The number of nitrogens with zero attached hydrogens (tertiary/aromatic N) is 1. The van der Waals surface area contributed by atoms with Crippen LogP contribution in [0.2, 0.25) is 0 Å². The molecule has 2 aliphatic rings. The summed E-state index contributed by atoms with van der Waals surface area (Å²) >= 11 is 0. The second kappa shape index (κ2) is 5.83. The minimum atomic E-state index is 0.0874. The Bertz CT molecular complexity index is 256. The quantitative estimate of drug-likeness (QED) is 0.787. The van der Waals surface area contributed by atoms with Crippen molar-refractivity contribution in [1.29, 1.82) is 0 Å². The van der Waals surface area contributed by atoms with Gasteiger partial charge in [0.15, 0.2) is 0 Å². The van der Waals surface area contributed by atoms with Gasteiger partial charge in [0.1, 0.15) is 0 Å². The molecule has 17 heavy (non-hydrogen) atoms. The number of carbonyl (C=O) groups is 1. The first kappa shape index (κ1) is 12.8. The van der Waals surface area contributed by atoms with E-state index in [1.54, 1.807) is 0 Å². The lowest BCUT2D eigenvalue weighted by Gasteiger charge is -2.36. The molecule has 1 aliphatic heterocycles. The number of nitrogens with two attached hydrogens (primary N) is 1. The fraction of sp³-hybridized carbons (Fsp3) is 0.923. The molecule has 1 amide bonds. The van der Waals surface area contributed by atoms with Gasteiger partial charge >= 0.3 is 0 Å². The number of ether oxygens (including phenoxy) is 1. The normalized spacial score (nSPS) is 34.4. The predicted molar refractivity (Wildman–Crippen MR) is 66.5 cm³/mol. The van der Waals surface area contributed by atoms with Crippen molar-refractivity contribution in [3.63, 3.8) is 0 Å². The Labute approximate surface area is 103 Å². The molecule has 0 aromatic carbocycles. The van der Waals surface area contributed by atoms with Gasteiger partial charge in [-0.05, 0) is 38.5 Å². The summed E-state index contributed by atoms with van der Waals surface area (Å²) in [7, 11) is 1.94. The SMILES string of the molecule is CN(C(=O)C1CCCOC1)C1CCC(N)CC1. The monoisotopic (exact) mass is 240 g/mol. The van der Waals surface area contributed by atoms with Gasteiger partial charge in [-0.1, -0.05) is 0 Å². The average Bonchev–Trinajstić information content (AvgIpc) is 2.39. The van der Waals surface area contributed by atoms with E-state index in [1.165, 1.54) is 0 Å². The van der Waals surface area contributed by atoms with Crippen LogP contribution in [0.5, 0.6) is 0 Å². The summed E-state index contributed by atoms with van der Waals surface area (Å²) in [5.41, 5.74) is 5.89. The fourth-order valence-corrected chi connectivity index (χ4v) is 2.89. The molecule has 1 atom stereocenters. The molecule has 0 radical (unpaired) electrons. The van der Waals surface area contributed by atoms with Crippen LogP contribution < -0.4 is 5.73 Å². The number of rotatable bonds is 2. The third-order valence-electron chi connectivity index (χ3n) is 4.15. The standard InChI is InChI=1S/C13H24N2O2/c1-15(12-6-4-11(14)5-7-12)13(16)10-3-2-8-17-9-10/h10-12H,2-9,14H2,1H3. The highest BCUT2D eigenvalue weighted by Crippen LogP contribution is 2.24. The second-order valence-corrected chi connectivity index (χ2v) is 5.43. The van der Waals surface area contributed by atoms with E-state index in [0.29, 0.717) is 18.7 Å². The minimum Gasteiger partial charge on any atom is -0.381 e. The summed E-state index contributed by atoms with van der Waals surface area (Å²) in [4.78, 5) is 14.2. The van der Waals surface area contributed by atoms with E-state index in [0.717, 1.165) is 45.1 Å². The van der Waals surface area contributed by atoms with Crippen molar-refractivity contribution in [3.8, 4) is 0 Å². The van der Waals surface area contributed by atoms with Gasteiger partial charge in [-0.2, -0.15) is 0 Å². The lowest BCUT2D eigenvalue weighted by atomic mass is 9.90. The first-order chi connectivity index (χ1) is 8.18. The molecule has 1 aliphatic carbocycles. The Balaban J connectivity index is 1.85. The molecule has 1 saturated carbocycles. The number of carbonyl (C=O) groups excluding carboxylic acids is 1. The maximum absolute atomic E-state index is 12.3. The molecule has 4 nitrogen and oxygen atoms in total. The van der Waals surface area contributed by atoms with Gasteiger partial charge in [0, 0.05) is 25.7 Å². The average molecular weight is 240 g/mol. The Morgan fingerprint density at radius 1 is 1.24 bits per heavy atom. The van der Waals surface area contributed by atoms with Crippen molar-refractivity contribution in [2.24, 2.45) is 11.7 Å². The Kier molecular flexibility index (Phi) is 4.40. The van der Waals surface area contributed by atoms with Gasteiger partial charge in [0.25, 0.3) is 0 Å². The molecule has 2 fully saturated rings. The topological polar surface area (TPSA) is 55.6 Å². The Hall–Kier alpha value is -0.610. The predicted octanol–water partition coefficient (Wildman–Crippen LogP) is 1.14. The summed E-state index contributed by atoms with van der Waals surface area (Å²) < 4.78 is 5.39. The van der Waals surface area contributed by atoms with E-state index in [9.17, 15) is 4.79 Å².